The maximum Gasteiger partial charge on any atom is 0.0485 e. The van der Waals surface area contributed by atoms with Crippen LogP contribution < -0.4 is 5.73 Å². The molecular weight excluding hydrogens is 218 g/mol. The Hall–Kier alpha value is -0.670. The molecule has 16 heavy (non-hydrogen) atoms. The molecule has 0 fully saturated rings. The Morgan fingerprint density at radius 3 is 2.31 bits per heavy atom. The summed E-state index contributed by atoms with van der Waals surface area (Å²) in [6, 6.07) is 8.51. The van der Waals surface area contributed by atoms with Gasteiger partial charge in [-0.3, -0.25) is 4.21 Å². The van der Waals surface area contributed by atoms with Crippen molar-refractivity contribution in [3.63, 3.8) is 0 Å². The zero-order chi connectivity index (χ0) is 12.0. The molecule has 1 aromatic rings. The second kappa shape index (κ2) is 6.81. The van der Waals surface area contributed by atoms with E-state index < -0.39 is 10.8 Å². The van der Waals surface area contributed by atoms with Crippen LogP contribution in [0.1, 0.15) is 31.4 Å². The highest BCUT2D eigenvalue weighted by atomic mass is 32.2. The monoisotopic (exact) mass is 239 g/mol. The first kappa shape index (κ1) is 13.4. The number of aryl methyl sites for hydroxylation is 1. The van der Waals surface area contributed by atoms with E-state index in [1.807, 2.05) is 6.92 Å². The fourth-order valence-electron chi connectivity index (χ4n) is 1.45. The summed E-state index contributed by atoms with van der Waals surface area (Å²) in [6.45, 7) is 4.09. The Morgan fingerprint density at radius 1 is 1.25 bits per heavy atom. The van der Waals surface area contributed by atoms with Crippen LogP contribution in [0.4, 0.5) is 0 Å². The van der Waals surface area contributed by atoms with E-state index in [1.165, 1.54) is 5.56 Å². The minimum atomic E-state index is -0.780. The topological polar surface area (TPSA) is 43.1 Å². The van der Waals surface area contributed by atoms with Gasteiger partial charge in [0, 0.05) is 28.3 Å². The third-order valence-electron chi connectivity index (χ3n) is 2.56. The lowest BCUT2D eigenvalue weighted by molar-refractivity contribution is 0.667. The zero-order valence-corrected chi connectivity index (χ0v) is 10.9. The summed E-state index contributed by atoms with van der Waals surface area (Å²) >= 11 is 0. The Labute approximate surface area is 101 Å². The molecule has 1 aromatic carbocycles. The van der Waals surface area contributed by atoms with E-state index in [0.717, 1.165) is 18.4 Å². The molecule has 2 unspecified atom stereocenters. The Kier molecular flexibility index (Phi) is 5.71. The van der Waals surface area contributed by atoms with Crippen molar-refractivity contribution in [3.05, 3.63) is 35.4 Å². The molecule has 0 saturated heterocycles. The number of rotatable bonds is 6. The molecule has 1 rings (SSSR count). The highest BCUT2D eigenvalue weighted by Gasteiger charge is 2.03. The Bertz CT molecular complexity index is 332. The lowest BCUT2D eigenvalue weighted by Crippen LogP contribution is -2.18. The molecule has 0 saturated carbocycles. The summed E-state index contributed by atoms with van der Waals surface area (Å²) in [5.41, 5.74) is 8.11. The van der Waals surface area contributed by atoms with Crippen LogP contribution in [0.3, 0.4) is 0 Å². The molecule has 0 aliphatic rings. The summed E-state index contributed by atoms with van der Waals surface area (Å²) in [5, 5.41) is 0. The van der Waals surface area contributed by atoms with Crippen molar-refractivity contribution in [3.8, 4) is 0 Å². The molecule has 2 atom stereocenters. The van der Waals surface area contributed by atoms with Gasteiger partial charge in [-0.1, -0.05) is 31.2 Å². The minimum absolute atomic E-state index is 0.145. The fraction of sp³-hybridized carbons (Fsp3) is 0.538. The van der Waals surface area contributed by atoms with Crippen LogP contribution in [0.2, 0.25) is 0 Å². The molecule has 0 amide bonds. The summed E-state index contributed by atoms with van der Waals surface area (Å²) in [4.78, 5) is 0. The van der Waals surface area contributed by atoms with Gasteiger partial charge in [0.1, 0.15) is 0 Å². The van der Waals surface area contributed by atoms with Crippen molar-refractivity contribution in [1.29, 1.82) is 0 Å². The van der Waals surface area contributed by atoms with Gasteiger partial charge in [-0.05, 0) is 30.9 Å². The summed E-state index contributed by atoms with van der Waals surface area (Å²) in [5.74, 6) is 1.35. The van der Waals surface area contributed by atoms with Gasteiger partial charge in [0.25, 0.3) is 0 Å². The molecule has 2 N–H and O–H groups in total. The molecule has 90 valence electrons. The van der Waals surface area contributed by atoms with Crippen molar-refractivity contribution in [2.45, 2.75) is 38.5 Å². The van der Waals surface area contributed by atoms with Gasteiger partial charge >= 0.3 is 0 Å². The number of hydrogen-bond donors (Lipinski definition) is 1. The zero-order valence-electron chi connectivity index (χ0n) is 10.1. The lowest BCUT2D eigenvalue weighted by atomic mass is 10.1. The standard InChI is InChI=1S/C13H21NOS/c1-3-12-4-6-13(7-5-12)10-16(15)9-8-11(2)14/h4-7,11H,3,8-10,14H2,1-2H3. The number of hydrogen-bond acceptors (Lipinski definition) is 2. The fourth-order valence-corrected chi connectivity index (χ4v) is 2.79. The van der Waals surface area contributed by atoms with Gasteiger partial charge < -0.3 is 5.73 Å². The Balaban J connectivity index is 2.43. The molecule has 0 radical (unpaired) electrons. The molecule has 0 aliphatic heterocycles. The van der Waals surface area contributed by atoms with Crippen molar-refractivity contribution in [1.82, 2.24) is 0 Å². The molecular formula is C13H21NOS. The Morgan fingerprint density at radius 2 is 1.81 bits per heavy atom. The van der Waals surface area contributed by atoms with Crippen LogP contribution in [0.5, 0.6) is 0 Å². The van der Waals surface area contributed by atoms with E-state index in [1.54, 1.807) is 0 Å². The first-order chi connectivity index (χ1) is 7.61. The lowest BCUT2D eigenvalue weighted by Gasteiger charge is -2.05. The van der Waals surface area contributed by atoms with Gasteiger partial charge in [-0.25, -0.2) is 0 Å². The molecule has 0 spiro atoms. The highest BCUT2D eigenvalue weighted by molar-refractivity contribution is 7.84. The van der Waals surface area contributed by atoms with Gasteiger partial charge in [0.05, 0.1) is 0 Å². The second-order valence-corrected chi connectivity index (χ2v) is 5.80. The third-order valence-corrected chi connectivity index (χ3v) is 3.91. The van der Waals surface area contributed by atoms with E-state index in [-0.39, 0.29) is 6.04 Å². The molecule has 0 heterocycles. The average Bonchev–Trinajstić information content (AvgIpc) is 2.27. The van der Waals surface area contributed by atoms with E-state index in [4.69, 9.17) is 5.73 Å². The number of nitrogens with two attached hydrogens (primary N) is 1. The predicted octanol–water partition coefficient (Wildman–Crippen LogP) is 2.24. The SMILES string of the molecule is CCc1ccc(CS(=O)CCC(C)N)cc1. The van der Waals surface area contributed by atoms with Gasteiger partial charge in [-0.2, -0.15) is 0 Å². The largest absolute Gasteiger partial charge is 0.328 e. The molecule has 3 heteroatoms. The maximum absolute atomic E-state index is 11.7. The number of benzene rings is 1. The normalized spacial score (nSPS) is 14.7. The van der Waals surface area contributed by atoms with E-state index in [0.29, 0.717) is 11.5 Å². The first-order valence-corrected chi connectivity index (χ1v) is 7.29. The van der Waals surface area contributed by atoms with Crippen molar-refractivity contribution >= 4 is 10.8 Å². The molecule has 0 aromatic heterocycles. The summed E-state index contributed by atoms with van der Waals surface area (Å²) in [6.07, 6.45) is 1.88. The highest BCUT2D eigenvalue weighted by Crippen LogP contribution is 2.08. The van der Waals surface area contributed by atoms with Crippen molar-refractivity contribution < 1.29 is 4.21 Å². The van der Waals surface area contributed by atoms with Crippen molar-refractivity contribution in [2.75, 3.05) is 5.75 Å². The molecule has 2 nitrogen and oxygen atoms in total. The van der Waals surface area contributed by atoms with Crippen LogP contribution >= 0.6 is 0 Å². The maximum atomic E-state index is 11.7. The van der Waals surface area contributed by atoms with E-state index in [9.17, 15) is 4.21 Å². The van der Waals surface area contributed by atoms with Crippen molar-refractivity contribution in [2.24, 2.45) is 5.73 Å². The second-order valence-electron chi connectivity index (χ2n) is 4.22. The predicted molar refractivity (Wildman–Crippen MR) is 70.8 cm³/mol. The van der Waals surface area contributed by atoms with E-state index in [2.05, 4.69) is 31.2 Å². The van der Waals surface area contributed by atoms with Gasteiger partial charge in [0.2, 0.25) is 0 Å². The summed E-state index contributed by atoms with van der Waals surface area (Å²) in [7, 11) is -0.780. The van der Waals surface area contributed by atoms with Crippen LogP contribution in [0.15, 0.2) is 24.3 Å². The average molecular weight is 239 g/mol. The molecule has 0 aliphatic carbocycles. The van der Waals surface area contributed by atoms with Crippen LogP contribution in [-0.4, -0.2) is 16.0 Å². The van der Waals surface area contributed by atoms with Crippen LogP contribution in [0.25, 0.3) is 0 Å². The van der Waals surface area contributed by atoms with Crippen LogP contribution in [0, 0.1) is 0 Å². The summed E-state index contributed by atoms with van der Waals surface area (Å²) < 4.78 is 11.7. The quantitative estimate of drug-likeness (QED) is 0.827. The smallest absolute Gasteiger partial charge is 0.0485 e. The van der Waals surface area contributed by atoms with Gasteiger partial charge in [-0.15, -0.1) is 0 Å². The minimum Gasteiger partial charge on any atom is -0.328 e. The van der Waals surface area contributed by atoms with E-state index >= 15 is 0 Å². The van der Waals surface area contributed by atoms with Gasteiger partial charge in [0.15, 0.2) is 0 Å². The third kappa shape index (κ3) is 4.90. The molecule has 0 bridgehead atoms. The van der Waals surface area contributed by atoms with Crippen LogP contribution in [-0.2, 0) is 23.0 Å². The first-order valence-electron chi connectivity index (χ1n) is 5.80.